The molecule has 1 amide bonds. The topological polar surface area (TPSA) is 51.2 Å². The number of halogens is 2. The molecule has 0 bridgehead atoms. The molecule has 6 heteroatoms. The molecule has 1 N–H and O–H groups in total. The van der Waals surface area contributed by atoms with Gasteiger partial charge in [-0.05, 0) is 42.3 Å². The van der Waals surface area contributed by atoms with Gasteiger partial charge in [-0.1, -0.05) is 12.1 Å². The fourth-order valence-electron chi connectivity index (χ4n) is 2.90. The van der Waals surface area contributed by atoms with E-state index in [0.717, 1.165) is 22.6 Å². The summed E-state index contributed by atoms with van der Waals surface area (Å²) in [6, 6.07) is 9.60. The van der Waals surface area contributed by atoms with Crippen molar-refractivity contribution in [3.63, 3.8) is 0 Å². The molecule has 0 radical (unpaired) electrons. The molecule has 0 spiro atoms. The molecule has 26 heavy (non-hydrogen) atoms. The standard InChI is InChI=1S/C20H18F2N2O2/c1-11-8-16(19-17(26-3)7-6-14(21)20(19)22)24-15-9-12(4-5-13(11)15)10-18(25)23-2/h4-9H,10H2,1-3H3,(H,23,25). The zero-order valence-electron chi connectivity index (χ0n) is 14.7. The van der Waals surface area contributed by atoms with Crippen LogP contribution in [0.3, 0.4) is 0 Å². The Morgan fingerprint density at radius 1 is 1.19 bits per heavy atom. The van der Waals surface area contributed by atoms with Gasteiger partial charge in [0.05, 0.1) is 30.3 Å². The van der Waals surface area contributed by atoms with Crippen molar-refractivity contribution in [3.05, 3.63) is 59.2 Å². The molecular weight excluding hydrogens is 338 g/mol. The SMILES string of the molecule is CNC(=O)Cc1ccc2c(C)cc(-c3c(OC)ccc(F)c3F)nc2c1. The van der Waals surface area contributed by atoms with Crippen LogP contribution in [0.1, 0.15) is 11.1 Å². The summed E-state index contributed by atoms with van der Waals surface area (Å²) in [5.41, 5.74) is 2.51. The third-order valence-electron chi connectivity index (χ3n) is 4.26. The Balaban J connectivity index is 2.19. The number of ether oxygens (including phenoxy) is 1. The predicted molar refractivity (Wildman–Crippen MR) is 96.2 cm³/mol. The van der Waals surface area contributed by atoms with Crippen LogP contribution in [0.5, 0.6) is 5.75 Å². The number of pyridine rings is 1. The summed E-state index contributed by atoms with van der Waals surface area (Å²) in [7, 11) is 2.97. The Hall–Kier alpha value is -3.02. The van der Waals surface area contributed by atoms with E-state index in [1.807, 2.05) is 19.1 Å². The number of carbonyl (C=O) groups excluding carboxylic acids is 1. The molecular formula is C20H18F2N2O2. The normalized spacial score (nSPS) is 10.8. The molecule has 3 aromatic rings. The van der Waals surface area contributed by atoms with Crippen molar-refractivity contribution < 1.29 is 18.3 Å². The number of aromatic nitrogens is 1. The number of nitrogens with zero attached hydrogens (tertiary/aromatic N) is 1. The summed E-state index contributed by atoms with van der Waals surface area (Å²) in [6.45, 7) is 1.87. The number of hydrogen-bond donors (Lipinski definition) is 1. The largest absolute Gasteiger partial charge is 0.496 e. The van der Waals surface area contributed by atoms with Crippen LogP contribution >= 0.6 is 0 Å². The van der Waals surface area contributed by atoms with Crippen molar-refractivity contribution in [2.45, 2.75) is 13.3 Å². The van der Waals surface area contributed by atoms with Crippen molar-refractivity contribution in [1.29, 1.82) is 0 Å². The molecule has 0 atom stereocenters. The number of amides is 1. The van der Waals surface area contributed by atoms with Gasteiger partial charge in [-0.25, -0.2) is 13.8 Å². The van der Waals surface area contributed by atoms with E-state index in [4.69, 9.17) is 4.74 Å². The van der Waals surface area contributed by atoms with Crippen LogP contribution in [-0.2, 0) is 11.2 Å². The van der Waals surface area contributed by atoms with E-state index >= 15 is 0 Å². The maximum atomic E-state index is 14.4. The molecule has 0 aliphatic rings. The minimum absolute atomic E-state index is 0.0193. The number of fused-ring (bicyclic) bond motifs is 1. The maximum absolute atomic E-state index is 14.4. The van der Waals surface area contributed by atoms with Crippen LogP contribution in [0, 0.1) is 18.6 Å². The zero-order chi connectivity index (χ0) is 18.8. The van der Waals surface area contributed by atoms with E-state index in [1.165, 1.54) is 13.2 Å². The number of methoxy groups -OCH3 is 1. The first-order valence-corrected chi connectivity index (χ1v) is 8.07. The first kappa shape index (κ1) is 17.8. The quantitative estimate of drug-likeness (QED) is 0.774. The highest BCUT2D eigenvalue weighted by atomic mass is 19.2. The number of hydrogen-bond acceptors (Lipinski definition) is 3. The lowest BCUT2D eigenvalue weighted by Crippen LogP contribution is -2.19. The lowest BCUT2D eigenvalue weighted by atomic mass is 10.0. The fourth-order valence-corrected chi connectivity index (χ4v) is 2.90. The molecule has 1 aromatic heterocycles. The van der Waals surface area contributed by atoms with E-state index in [-0.39, 0.29) is 29.3 Å². The molecule has 0 aliphatic carbocycles. The first-order valence-electron chi connectivity index (χ1n) is 8.07. The summed E-state index contributed by atoms with van der Waals surface area (Å²) in [5.74, 6) is -1.88. The van der Waals surface area contributed by atoms with Gasteiger partial charge in [0.1, 0.15) is 5.75 Å². The van der Waals surface area contributed by atoms with Crippen LogP contribution in [0.2, 0.25) is 0 Å². The molecule has 0 unspecified atom stereocenters. The number of carbonyl (C=O) groups is 1. The highest BCUT2D eigenvalue weighted by molar-refractivity contribution is 5.87. The summed E-state index contributed by atoms with van der Waals surface area (Å²) in [6.07, 6.45) is 0.217. The summed E-state index contributed by atoms with van der Waals surface area (Å²) < 4.78 is 33.3. The first-order chi connectivity index (χ1) is 12.4. The highest BCUT2D eigenvalue weighted by Crippen LogP contribution is 2.34. The van der Waals surface area contributed by atoms with Gasteiger partial charge < -0.3 is 10.1 Å². The van der Waals surface area contributed by atoms with Gasteiger partial charge >= 0.3 is 0 Å². The van der Waals surface area contributed by atoms with Crippen LogP contribution in [-0.4, -0.2) is 25.0 Å². The van der Waals surface area contributed by atoms with Crippen molar-refractivity contribution in [1.82, 2.24) is 10.3 Å². The zero-order valence-corrected chi connectivity index (χ0v) is 14.7. The monoisotopic (exact) mass is 356 g/mol. The summed E-state index contributed by atoms with van der Waals surface area (Å²) >= 11 is 0. The third kappa shape index (κ3) is 3.22. The molecule has 0 saturated carbocycles. The second kappa shape index (κ2) is 7.07. The Morgan fingerprint density at radius 2 is 1.96 bits per heavy atom. The Morgan fingerprint density at radius 3 is 2.65 bits per heavy atom. The van der Waals surface area contributed by atoms with Crippen molar-refractivity contribution >= 4 is 16.8 Å². The minimum atomic E-state index is -1.00. The molecule has 2 aromatic carbocycles. The van der Waals surface area contributed by atoms with Crippen LogP contribution in [0.15, 0.2) is 36.4 Å². The van der Waals surface area contributed by atoms with Gasteiger partial charge in [-0.15, -0.1) is 0 Å². The Labute approximate surface area is 149 Å². The van der Waals surface area contributed by atoms with Gasteiger partial charge in [-0.3, -0.25) is 4.79 Å². The molecule has 134 valence electrons. The molecule has 4 nitrogen and oxygen atoms in total. The second-order valence-corrected chi connectivity index (χ2v) is 5.96. The average molecular weight is 356 g/mol. The minimum Gasteiger partial charge on any atom is -0.496 e. The molecule has 1 heterocycles. The van der Waals surface area contributed by atoms with Crippen molar-refractivity contribution in [2.75, 3.05) is 14.2 Å². The average Bonchev–Trinajstić information content (AvgIpc) is 2.63. The van der Waals surface area contributed by atoms with Crippen LogP contribution < -0.4 is 10.1 Å². The molecule has 0 saturated heterocycles. The van der Waals surface area contributed by atoms with Crippen molar-refractivity contribution in [3.8, 4) is 17.0 Å². The number of nitrogens with one attached hydrogen (secondary N) is 1. The van der Waals surface area contributed by atoms with Gasteiger partial charge in [0.2, 0.25) is 5.91 Å². The van der Waals surface area contributed by atoms with Crippen LogP contribution in [0.4, 0.5) is 8.78 Å². The molecule has 0 fully saturated rings. The lowest BCUT2D eigenvalue weighted by Gasteiger charge is -2.12. The number of likely N-dealkylation sites (N-methyl/N-ethyl adjacent to an activating group) is 1. The maximum Gasteiger partial charge on any atom is 0.224 e. The van der Waals surface area contributed by atoms with E-state index in [2.05, 4.69) is 10.3 Å². The van der Waals surface area contributed by atoms with E-state index < -0.39 is 11.6 Å². The molecule has 0 aliphatic heterocycles. The van der Waals surface area contributed by atoms with E-state index in [1.54, 1.807) is 19.2 Å². The van der Waals surface area contributed by atoms with Crippen LogP contribution in [0.25, 0.3) is 22.2 Å². The Kier molecular flexibility index (Phi) is 4.84. The van der Waals surface area contributed by atoms with E-state index in [9.17, 15) is 13.6 Å². The van der Waals surface area contributed by atoms with E-state index in [0.29, 0.717) is 5.52 Å². The predicted octanol–water partition coefficient (Wildman–Crippen LogP) is 3.79. The smallest absolute Gasteiger partial charge is 0.224 e. The lowest BCUT2D eigenvalue weighted by molar-refractivity contribution is -0.119. The summed E-state index contributed by atoms with van der Waals surface area (Å²) in [4.78, 5) is 16.1. The van der Waals surface area contributed by atoms with Gasteiger partial charge in [0, 0.05) is 12.4 Å². The third-order valence-corrected chi connectivity index (χ3v) is 4.26. The number of benzene rings is 2. The van der Waals surface area contributed by atoms with Crippen molar-refractivity contribution in [2.24, 2.45) is 0 Å². The van der Waals surface area contributed by atoms with Gasteiger partial charge in [0.15, 0.2) is 11.6 Å². The highest BCUT2D eigenvalue weighted by Gasteiger charge is 2.18. The van der Waals surface area contributed by atoms with Gasteiger partial charge in [0.25, 0.3) is 0 Å². The molecule has 3 rings (SSSR count). The Bertz CT molecular complexity index is 1000. The summed E-state index contributed by atoms with van der Waals surface area (Å²) in [5, 5.41) is 3.45. The fraction of sp³-hybridized carbons (Fsp3) is 0.200. The number of rotatable bonds is 4. The van der Waals surface area contributed by atoms with Gasteiger partial charge in [-0.2, -0.15) is 0 Å². The second-order valence-electron chi connectivity index (χ2n) is 5.96. The number of aryl methyl sites for hydroxylation is 1.